The topological polar surface area (TPSA) is 53.3 Å². The zero-order valence-electron chi connectivity index (χ0n) is 13.7. The van der Waals surface area contributed by atoms with Crippen LogP contribution in [0.4, 0.5) is 0 Å². The van der Waals surface area contributed by atoms with Crippen LogP contribution in [-0.4, -0.2) is 23.0 Å². The van der Waals surface area contributed by atoms with Gasteiger partial charge in [0.2, 0.25) is 0 Å². The van der Waals surface area contributed by atoms with Crippen LogP contribution in [0.5, 0.6) is 0 Å². The van der Waals surface area contributed by atoms with E-state index in [2.05, 4.69) is 25.9 Å². The molecule has 0 radical (unpaired) electrons. The van der Waals surface area contributed by atoms with E-state index in [0.29, 0.717) is 13.2 Å². The molecule has 0 unspecified atom stereocenters. The molecule has 1 aromatic heterocycles. The summed E-state index contributed by atoms with van der Waals surface area (Å²) in [5.74, 6) is 0. The average Bonchev–Trinajstić information content (AvgIpc) is 2.53. The number of hydrogen-bond donors (Lipinski definition) is 0. The van der Waals surface area contributed by atoms with E-state index in [4.69, 9.17) is 9.05 Å². The van der Waals surface area contributed by atoms with E-state index in [1.807, 2.05) is 32.5 Å². The maximum Gasteiger partial charge on any atom is 0.336 e. The lowest BCUT2D eigenvalue weighted by Crippen LogP contribution is -2.17. The highest BCUT2D eigenvalue weighted by Crippen LogP contribution is 2.51. The van der Waals surface area contributed by atoms with E-state index in [9.17, 15) is 4.57 Å². The molecule has 116 valence electrons. The minimum atomic E-state index is -3.10. The molecule has 0 amide bonds. The Balaban J connectivity index is 3.13. The first-order chi connectivity index (χ1) is 9.14. The van der Waals surface area contributed by atoms with Gasteiger partial charge in [-0.1, -0.05) is 20.8 Å². The van der Waals surface area contributed by atoms with Crippen molar-refractivity contribution in [3.63, 3.8) is 0 Å². The molecule has 0 spiro atoms. The quantitative estimate of drug-likeness (QED) is 0.750. The second-order valence-corrected chi connectivity index (χ2v) is 7.95. The second-order valence-electron chi connectivity index (χ2n) is 5.90. The van der Waals surface area contributed by atoms with Crippen LogP contribution in [-0.2, 0) is 32.2 Å². The lowest BCUT2D eigenvalue weighted by molar-refractivity contribution is 0.219. The Kier molecular flexibility index (Phi) is 5.59. The van der Waals surface area contributed by atoms with Gasteiger partial charge in [0, 0.05) is 18.2 Å². The molecule has 1 aromatic rings. The monoisotopic (exact) mass is 302 g/mol. The molecule has 0 bridgehead atoms. The predicted octanol–water partition coefficient (Wildman–Crippen LogP) is 3.79. The van der Waals surface area contributed by atoms with Gasteiger partial charge in [0.1, 0.15) is 0 Å². The number of hydrogen-bond acceptors (Lipinski definition) is 4. The lowest BCUT2D eigenvalue weighted by Gasteiger charge is -2.20. The van der Waals surface area contributed by atoms with Crippen molar-refractivity contribution in [2.75, 3.05) is 13.2 Å². The van der Waals surface area contributed by atoms with Crippen LogP contribution >= 0.6 is 7.60 Å². The van der Waals surface area contributed by atoms with Gasteiger partial charge in [0.25, 0.3) is 0 Å². The van der Waals surface area contributed by atoms with Gasteiger partial charge in [0.15, 0.2) is 0 Å². The molecule has 5 nitrogen and oxygen atoms in total. The third-order valence-electron chi connectivity index (χ3n) is 3.09. The van der Waals surface area contributed by atoms with Crippen LogP contribution < -0.4 is 0 Å². The van der Waals surface area contributed by atoms with Crippen molar-refractivity contribution in [1.82, 2.24) is 9.78 Å². The van der Waals surface area contributed by atoms with Gasteiger partial charge >= 0.3 is 7.60 Å². The summed E-state index contributed by atoms with van der Waals surface area (Å²) in [6.07, 6.45) is 0.227. The molecule has 0 fully saturated rings. The van der Waals surface area contributed by atoms with Crippen LogP contribution in [0.15, 0.2) is 0 Å². The van der Waals surface area contributed by atoms with E-state index in [0.717, 1.165) is 17.0 Å². The number of rotatable bonds is 6. The van der Waals surface area contributed by atoms with Crippen LogP contribution in [0.1, 0.15) is 51.6 Å². The maximum absolute atomic E-state index is 12.6. The van der Waals surface area contributed by atoms with Crippen molar-refractivity contribution in [3.8, 4) is 0 Å². The molecule has 1 rings (SSSR count). The Hall–Kier alpha value is -0.640. The highest BCUT2D eigenvalue weighted by molar-refractivity contribution is 7.53. The summed E-state index contributed by atoms with van der Waals surface area (Å²) in [6, 6.07) is 0. The first kappa shape index (κ1) is 17.4. The standard InChI is InChI=1S/C14H27N2O3P/c1-8-18-20(17,19-9-2)10-12-11(3)13(14(4,5)6)16(7)15-12/h8-10H2,1-7H3. The van der Waals surface area contributed by atoms with E-state index in [1.165, 1.54) is 0 Å². The summed E-state index contributed by atoms with van der Waals surface area (Å²) in [6.45, 7) is 12.8. The molecule has 20 heavy (non-hydrogen) atoms. The number of nitrogens with zero attached hydrogens (tertiary/aromatic N) is 2. The largest absolute Gasteiger partial charge is 0.336 e. The zero-order chi connectivity index (χ0) is 15.6. The zero-order valence-corrected chi connectivity index (χ0v) is 14.6. The SMILES string of the molecule is CCOP(=O)(Cc1nn(C)c(C(C)(C)C)c1C)OCC. The molecule has 1 heterocycles. The molecule has 0 aromatic carbocycles. The third kappa shape index (κ3) is 3.94. The Morgan fingerprint density at radius 2 is 1.70 bits per heavy atom. The molecular formula is C14H27N2O3P. The molecule has 0 saturated heterocycles. The Labute approximate surface area is 122 Å². The molecule has 0 aliphatic heterocycles. The third-order valence-corrected chi connectivity index (χ3v) is 5.08. The van der Waals surface area contributed by atoms with Crippen molar-refractivity contribution in [2.24, 2.45) is 7.05 Å². The summed E-state index contributed by atoms with van der Waals surface area (Å²) in [5.41, 5.74) is 3.00. The Bertz CT molecular complexity index is 493. The fourth-order valence-electron chi connectivity index (χ4n) is 2.59. The lowest BCUT2D eigenvalue weighted by atomic mass is 9.89. The van der Waals surface area contributed by atoms with Gasteiger partial charge in [-0.05, 0) is 26.3 Å². The van der Waals surface area contributed by atoms with Gasteiger partial charge in [-0.15, -0.1) is 0 Å². The van der Waals surface area contributed by atoms with Crippen LogP contribution in [0.25, 0.3) is 0 Å². The van der Waals surface area contributed by atoms with E-state index < -0.39 is 7.60 Å². The summed E-state index contributed by atoms with van der Waals surface area (Å²) in [4.78, 5) is 0. The minimum absolute atomic E-state index is 0.00863. The smallest absolute Gasteiger partial charge is 0.309 e. The summed E-state index contributed by atoms with van der Waals surface area (Å²) < 4.78 is 25.2. The second kappa shape index (κ2) is 6.42. The van der Waals surface area contributed by atoms with Gasteiger partial charge in [-0.3, -0.25) is 9.25 Å². The van der Waals surface area contributed by atoms with Crippen LogP contribution in [0, 0.1) is 6.92 Å². The van der Waals surface area contributed by atoms with Crippen molar-refractivity contribution >= 4 is 7.60 Å². The predicted molar refractivity (Wildman–Crippen MR) is 81.2 cm³/mol. The minimum Gasteiger partial charge on any atom is -0.309 e. The highest BCUT2D eigenvalue weighted by atomic mass is 31.2. The fourth-order valence-corrected chi connectivity index (χ4v) is 4.30. The number of aryl methyl sites for hydroxylation is 1. The van der Waals surface area contributed by atoms with E-state index in [-0.39, 0.29) is 11.6 Å². The molecule has 6 heteroatoms. The molecule has 0 N–H and O–H groups in total. The normalized spacial score (nSPS) is 12.9. The Morgan fingerprint density at radius 3 is 2.05 bits per heavy atom. The van der Waals surface area contributed by atoms with Crippen molar-refractivity contribution in [1.29, 1.82) is 0 Å². The molecule has 0 aliphatic carbocycles. The van der Waals surface area contributed by atoms with Gasteiger partial charge in [-0.25, -0.2) is 0 Å². The highest BCUT2D eigenvalue weighted by Gasteiger charge is 2.30. The average molecular weight is 302 g/mol. The maximum atomic E-state index is 12.6. The van der Waals surface area contributed by atoms with Crippen molar-refractivity contribution in [2.45, 2.75) is 53.1 Å². The van der Waals surface area contributed by atoms with Gasteiger partial charge in [-0.2, -0.15) is 5.10 Å². The fraction of sp³-hybridized carbons (Fsp3) is 0.786. The van der Waals surface area contributed by atoms with E-state index >= 15 is 0 Å². The molecule has 0 saturated carbocycles. The molecular weight excluding hydrogens is 275 g/mol. The summed E-state index contributed by atoms with van der Waals surface area (Å²) in [5, 5.41) is 4.51. The Morgan fingerprint density at radius 1 is 1.20 bits per heavy atom. The first-order valence-electron chi connectivity index (χ1n) is 7.05. The van der Waals surface area contributed by atoms with E-state index in [1.54, 1.807) is 0 Å². The van der Waals surface area contributed by atoms with Gasteiger partial charge < -0.3 is 9.05 Å². The van der Waals surface area contributed by atoms with Gasteiger partial charge in [0.05, 0.1) is 25.1 Å². The molecule has 0 aliphatic rings. The van der Waals surface area contributed by atoms with Crippen LogP contribution in [0.2, 0.25) is 0 Å². The summed E-state index contributed by atoms with van der Waals surface area (Å²) >= 11 is 0. The first-order valence-corrected chi connectivity index (χ1v) is 8.78. The summed E-state index contributed by atoms with van der Waals surface area (Å²) in [7, 11) is -1.18. The number of aromatic nitrogens is 2. The molecule has 0 atom stereocenters. The van der Waals surface area contributed by atoms with Crippen molar-refractivity contribution in [3.05, 3.63) is 17.0 Å². The van der Waals surface area contributed by atoms with Crippen molar-refractivity contribution < 1.29 is 13.6 Å². The van der Waals surface area contributed by atoms with Crippen LogP contribution in [0.3, 0.4) is 0 Å².